The fourth-order valence-corrected chi connectivity index (χ4v) is 3.87. The monoisotopic (exact) mass is 300 g/mol. The summed E-state index contributed by atoms with van der Waals surface area (Å²) in [5.41, 5.74) is 0. The van der Waals surface area contributed by atoms with E-state index in [1.807, 2.05) is 13.8 Å². The van der Waals surface area contributed by atoms with Crippen molar-refractivity contribution in [1.82, 2.24) is 9.62 Å². The number of hydrogen-bond acceptors (Lipinski definition) is 4. The van der Waals surface area contributed by atoms with Crippen LogP contribution in [0.3, 0.4) is 0 Å². The minimum absolute atomic E-state index is 0.145. The second-order valence-corrected chi connectivity index (χ2v) is 7.74. The van der Waals surface area contributed by atoms with Crippen LogP contribution in [0.15, 0.2) is 15.4 Å². The molecule has 5 nitrogen and oxygen atoms in total. The molecule has 2 rings (SSSR count). The van der Waals surface area contributed by atoms with Crippen LogP contribution in [0.2, 0.25) is 0 Å². The average Bonchev–Trinajstić information content (AvgIpc) is 2.66. The Bertz CT molecular complexity index is 559. The van der Waals surface area contributed by atoms with Gasteiger partial charge >= 0.3 is 0 Å². The molecule has 0 aliphatic heterocycles. The van der Waals surface area contributed by atoms with Crippen molar-refractivity contribution in [2.75, 3.05) is 7.05 Å². The summed E-state index contributed by atoms with van der Waals surface area (Å²) >= 11 is 0. The highest BCUT2D eigenvalue weighted by atomic mass is 32.2. The van der Waals surface area contributed by atoms with E-state index in [9.17, 15) is 8.42 Å². The van der Waals surface area contributed by atoms with Crippen LogP contribution in [0.4, 0.5) is 0 Å². The summed E-state index contributed by atoms with van der Waals surface area (Å²) in [4.78, 5) is 0.299. The molecule has 0 spiro atoms. The second-order valence-electron chi connectivity index (χ2n) is 5.77. The Morgan fingerprint density at radius 1 is 1.45 bits per heavy atom. The molecule has 1 saturated carbocycles. The van der Waals surface area contributed by atoms with Crippen molar-refractivity contribution in [3.63, 3.8) is 0 Å². The molecule has 0 aromatic carbocycles. The number of nitrogens with zero attached hydrogens (tertiary/aromatic N) is 1. The number of furan rings is 1. The summed E-state index contributed by atoms with van der Waals surface area (Å²) in [5, 5.41) is 3.23. The van der Waals surface area contributed by atoms with Gasteiger partial charge in [0.2, 0.25) is 10.0 Å². The molecule has 1 N–H and O–H groups in total. The van der Waals surface area contributed by atoms with Gasteiger partial charge in [0.15, 0.2) is 0 Å². The van der Waals surface area contributed by atoms with Crippen LogP contribution in [-0.4, -0.2) is 31.9 Å². The van der Waals surface area contributed by atoms with E-state index in [-0.39, 0.29) is 6.04 Å². The third kappa shape index (κ3) is 3.07. The topological polar surface area (TPSA) is 62.6 Å². The lowest BCUT2D eigenvalue weighted by Crippen LogP contribution is -2.41. The molecule has 0 amide bonds. The van der Waals surface area contributed by atoms with Crippen LogP contribution in [0.1, 0.15) is 44.6 Å². The van der Waals surface area contributed by atoms with Crippen LogP contribution in [0.5, 0.6) is 0 Å². The smallest absolute Gasteiger partial charge is 0.246 e. The van der Waals surface area contributed by atoms with E-state index in [4.69, 9.17) is 4.42 Å². The predicted octanol–water partition coefficient (Wildman–Crippen LogP) is 2.26. The Hall–Kier alpha value is -0.850. The van der Waals surface area contributed by atoms with Gasteiger partial charge in [-0.05, 0) is 19.8 Å². The van der Waals surface area contributed by atoms with Gasteiger partial charge in [-0.25, -0.2) is 8.42 Å². The SMILES string of the molecule is Cc1oc(CNC(C)C)cc1S(=O)(=O)N(C)C1CCC1. The van der Waals surface area contributed by atoms with Crippen molar-refractivity contribution in [3.05, 3.63) is 17.6 Å². The van der Waals surface area contributed by atoms with Gasteiger partial charge in [-0.15, -0.1) is 0 Å². The molecule has 0 radical (unpaired) electrons. The van der Waals surface area contributed by atoms with E-state index in [0.29, 0.717) is 29.0 Å². The highest BCUT2D eigenvalue weighted by Gasteiger charge is 2.34. The molecule has 1 heterocycles. The maximum atomic E-state index is 12.6. The Morgan fingerprint density at radius 2 is 2.10 bits per heavy atom. The normalized spacial score (nSPS) is 16.9. The molecule has 20 heavy (non-hydrogen) atoms. The standard InChI is InChI=1S/C14H24N2O3S/c1-10(2)15-9-13-8-14(11(3)19-13)20(17,18)16(4)12-6-5-7-12/h8,10,12,15H,5-7,9H2,1-4H3. The molecule has 0 unspecified atom stereocenters. The van der Waals surface area contributed by atoms with Gasteiger partial charge in [-0.2, -0.15) is 4.31 Å². The van der Waals surface area contributed by atoms with Gasteiger partial charge in [0.25, 0.3) is 0 Å². The van der Waals surface area contributed by atoms with Gasteiger partial charge in [-0.1, -0.05) is 20.3 Å². The first-order chi connectivity index (χ1) is 9.32. The molecule has 1 aliphatic rings. The average molecular weight is 300 g/mol. The van der Waals surface area contributed by atoms with Gasteiger partial charge < -0.3 is 9.73 Å². The summed E-state index contributed by atoms with van der Waals surface area (Å²) in [6.45, 7) is 6.33. The summed E-state index contributed by atoms with van der Waals surface area (Å²) in [7, 11) is -1.77. The summed E-state index contributed by atoms with van der Waals surface area (Å²) in [6.07, 6.45) is 3.02. The van der Waals surface area contributed by atoms with E-state index < -0.39 is 10.0 Å². The van der Waals surface area contributed by atoms with Crippen molar-refractivity contribution < 1.29 is 12.8 Å². The first kappa shape index (κ1) is 15.5. The number of hydrogen-bond donors (Lipinski definition) is 1. The summed E-state index contributed by atoms with van der Waals surface area (Å²) in [6, 6.07) is 2.12. The molecular formula is C14H24N2O3S. The fraction of sp³-hybridized carbons (Fsp3) is 0.714. The van der Waals surface area contributed by atoms with Gasteiger partial charge in [0, 0.05) is 25.2 Å². The highest BCUT2D eigenvalue weighted by Crippen LogP contribution is 2.30. The van der Waals surface area contributed by atoms with Crippen molar-refractivity contribution in [2.24, 2.45) is 0 Å². The molecular weight excluding hydrogens is 276 g/mol. The first-order valence-electron chi connectivity index (χ1n) is 7.13. The molecule has 0 atom stereocenters. The number of nitrogens with one attached hydrogen (secondary N) is 1. The molecule has 0 saturated heterocycles. The Balaban J connectivity index is 2.18. The maximum Gasteiger partial charge on any atom is 0.246 e. The van der Waals surface area contributed by atoms with Crippen molar-refractivity contribution in [2.45, 2.75) is 63.6 Å². The maximum absolute atomic E-state index is 12.6. The van der Waals surface area contributed by atoms with E-state index in [0.717, 1.165) is 19.3 Å². The number of rotatable bonds is 6. The summed E-state index contributed by atoms with van der Waals surface area (Å²) in [5.74, 6) is 1.13. The third-order valence-corrected chi connectivity index (χ3v) is 5.87. The lowest BCUT2D eigenvalue weighted by Gasteiger charge is -2.33. The van der Waals surface area contributed by atoms with E-state index >= 15 is 0 Å². The molecule has 114 valence electrons. The highest BCUT2D eigenvalue weighted by molar-refractivity contribution is 7.89. The zero-order valence-electron chi connectivity index (χ0n) is 12.6. The minimum Gasteiger partial charge on any atom is -0.464 e. The van der Waals surface area contributed by atoms with E-state index in [2.05, 4.69) is 5.32 Å². The molecule has 1 aromatic heterocycles. The van der Waals surface area contributed by atoms with Crippen molar-refractivity contribution in [3.8, 4) is 0 Å². The second kappa shape index (κ2) is 5.87. The van der Waals surface area contributed by atoms with E-state index in [1.165, 1.54) is 4.31 Å². The van der Waals surface area contributed by atoms with Crippen molar-refractivity contribution in [1.29, 1.82) is 0 Å². The van der Waals surface area contributed by atoms with Gasteiger partial charge in [0.1, 0.15) is 16.4 Å². The lowest BCUT2D eigenvalue weighted by molar-refractivity contribution is 0.249. The van der Waals surface area contributed by atoms with Gasteiger partial charge in [-0.3, -0.25) is 0 Å². The molecule has 1 fully saturated rings. The zero-order chi connectivity index (χ0) is 14.9. The minimum atomic E-state index is -3.44. The first-order valence-corrected chi connectivity index (χ1v) is 8.57. The Kier molecular flexibility index (Phi) is 4.56. The predicted molar refractivity (Wildman–Crippen MR) is 78.0 cm³/mol. The van der Waals surface area contributed by atoms with E-state index in [1.54, 1.807) is 20.0 Å². The van der Waals surface area contributed by atoms with Crippen LogP contribution < -0.4 is 5.32 Å². The van der Waals surface area contributed by atoms with Crippen LogP contribution in [0, 0.1) is 6.92 Å². The fourth-order valence-electron chi connectivity index (χ4n) is 2.27. The molecule has 1 aliphatic carbocycles. The molecule has 0 bridgehead atoms. The third-order valence-electron chi connectivity index (χ3n) is 3.85. The van der Waals surface area contributed by atoms with Crippen LogP contribution in [-0.2, 0) is 16.6 Å². The summed E-state index contributed by atoms with van der Waals surface area (Å²) < 4.78 is 32.2. The largest absolute Gasteiger partial charge is 0.464 e. The van der Waals surface area contributed by atoms with Crippen LogP contribution in [0.25, 0.3) is 0 Å². The van der Waals surface area contributed by atoms with Crippen molar-refractivity contribution >= 4 is 10.0 Å². The van der Waals surface area contributed by atoms with Gasteiger partial charge in [0.05, 0.1) is 6.54 Å². The quantitative estimate of drug-likeness (QED) is 0.875. The van der Waals surface area contributed by atoms with Crippen LogP contribution >= 0.6 is 0 Å². The Labute approximate surface area is 121 Å². The zero-order valence-corrected chi connectivity index (χ0v) is 13.5. The molecule has 1 aromatic rings. The number of aryl methyl sites for hydroxylation is 1. The molecule has 6 heteroatoms. The number of sulfonamides is 1. The lowest BCUT2D eigenvalue weighted by atomic mass is 9.94. The Morgan fingerprint density at radius 3 is 2.60 bits per heavy atom.